The Kier molecular flexibility index (Phi) is 3.84. The Morgan fingerprint density at radius 3 is 2.78 bits per heavy atom. The Labute approximate surface area is 118 Å². The molecule has 0 spiro atoms. The van der Waals surface area contributed by atoms with Crippen LogP contribution >= 0.6 is 38.9 Å². The molecule has 0 saturated carbocycles. The van der Waals surface area contributed by atoms with E-state index in [1.54, 1.807) is 0 Å². The minimum absolute atomic E-state index is 0.0369. The highest BCUT2D eigenvalue weighted by Crippen LogP contribution is 2.33. The fraction of sp³-hybridized carbons (Fsp3) is 0. The lowest BCUT2D eigenvalue weighted by atomic mass is 10.3. The normalized spacial score (nSPS) is 10.4. The van der Waals surface area contributed by atoms with Crippen LogP contribution < -0.4 is 4.74 Å². The minimum Gasteiger partial charge on any atom is -0.477 e. The van der Waals surface area contributed by atoms with Gasteiger partial charge < -0.3 is 9.84 Å². The molecule has 0 aliphatic heterocycles. The third-order valence-corrected chi connectivity index (χ3v) is 3.57. The zero-order valence-electron chi connectivity index (χ0n) is 8.49. The molecule has 1 aromatic carbocycles. The first-order valence-corrected chi connectivity index (χ1v) is 6.48. The monoisotopic (exact) mass is 351 g/mol. The average molecular weight is 353 g/mol. The van der Waals surface area contributed by atoms with Gasteiger partial charge in [0.25, 0.3) is 5.19 Å². The highest BCUT2D eigenvalue weighted by Gasteiger charge is 2.17. The molecule has 8 heteroatoms. The minimum atomic E-state index is -1.19. The number of rotatable bonds is 3. The SMILES string of the molecule is O=C(O)c1sc(Oc2cc(F)cc(Br)c2)nc1Cl. The summed E-state index contributed by atoms with van der Waals surface area (Å²) in [5.41, 5.74) is 0. The summed E-state index contributed by atoms with van der Waals surface area (Å²) in [5, 5.41) is 8.68. The number of ether oxygens (including phenoxy) is 1. The summed E-state index contributed by atoms with van der Waals surface area (Å²) in [4.78, 5) is 14.4. The maximum atomic E-state index is 13.1. The van der Waals surface area contributed by atoms with Crippen molar-refractivity contribution in [2.75, 3.05) is 0 Å². The van der Waals surface area contributed by atoms with Gasteiger partial charge >= 0.3 is 5.97 Å². The molecule has 0 fully saturated rings. The van der Waals surface area contributed by atoms with Gasteiger partial charge in [0.15, 0.2) is 10.0 Å². The Morgan fingerprint density at radius 1 is 1.50 bits per heavy atom. The van der Waals surface area contributed by atoms with Gasteiger partial charge in [0.05, 0.1) is 0 Å². The molecule has 1 N–H and O–H groups in total. The van der Waals surface area contributed by atoms with Crippen LogP contribution in [0.1, 0.15) is 9.67 Å². The van der Waals surface area contributed by atoms with Crippen LogP contribution in [0.3, 0.4) is 0 Å². The van der Waals surface area contributed by atoms with E-state index >= 15 is 0 Å². The molecular weight excluding hydrogens is 349 g/mol. The van der Waals surface area contributed by atoms with Gasteiger partial charge in [0.2, 0.25) is 0 Å². The number of carbonyl (C=O) groups is 1. The topological polar surface area (TPSA) is 59.4 Å². The lowest BCUT2D eigenvalue weighted by Crippen LogP contribution is -1.91. The summed E-state index contributed by atoms with van der Waals surface area (Å²) < 4.78 is 18.8. The van der Waals surface area contributed by atoms with Gasteiger partial charge in [-0.3, -0.25) is 0 Å². The summed E-state index contributed by atoms with van der Waals surface area (Å²) >= 11 is 9.51. The number of carboxylic acids is 1. The van der Waals surface area contributed by atoms with Crippen LogP contribution in [0.15, 0.2) is 22.7 Å². The molecular formula is C10H4BrClFNO3S. The first-order chi connectivity index (χ1) is 8.45. The highest BCUT2D eigenvalue weighted by molar-refractivity contribution is 9.10. The Bertz CT molecular complexity index is 599. The molecule has 0 atom stereocenters. The zero-order valence-corrected chi connectivity index (χ0v) is 11.6. The van der Waals surface area contributed by atoms with Gasteiger partial charge in [-0.05, 0) is 12.1 Å². The number of aromatic nitrogens is 1. The van der Waals surface area contributed by atoms with Crippen LogP contribution in [0, 0.1) is 5.82 Å². The standard InChI is InChI=1S/C10H4BrClFNO3S/c11-4-1-5(13)3-6(2-4)17-10-14-8(12)7(18-10)9(15)16/h1-3H,(H,15,16). The van der Waals surface area contributed by atoms with Gasteiger partial charge in [-0.25, -0.2) is 9.18 Å². The number of nitrogens with zero attached hydrogens (tertiary/aromatic N) is 1. The van der Waals surface area contributed by atoms with Crippen molar-refractivity contribution in [1.82, 2.24) is 4.98 Å². The Hall–Kier alpha value is -1.18. The van der Waals surface area contributed by atoms with Crippen molar-refractivity contribution in [2.45, 2.75) is 0 Å². The number of thiazole rings is 1. The summed E-state index contributed by atoms with van der Waals surface area (Å²) in [5.74, 6) is -1.47. The van der Waals surface area contributed by atoms with E-state index in [4.69, 9.17) is 21.4 Å². The van der Waals surface area contributed by atoms with Gasteiger partial charge in [-0.2, -0.15) is 4.98 Å². The van der Waals surface area contributed by atoms with Crippen molar-refractivity contribution >= 4 is 44.8 Å². The number of hydrogen-bond acceptors (Lipinski definition) is 4. The maximum Gasteiger partial charge on any atom is 0.349 e. The second kappa shape index (κ2) is 5.21. The smallest absolute Gasteiger partial charge is 0.349 e. The average Bonchev–Trinajstić information content (AvgIpc) is 2.57. The summed E-state index contributed by atoms with van der Waals surface area (Å²) in [6.45, 7) is 0. The van der Waals surface area contributed by atoms with Gasteiger partial charge in [0.1, 0.15) is 11.6 Å². The fourth-order valence-electron chi connectivity index (χ4n) is 1.15. The maximum absolute atomic E-state index is 13.1. The van der Waals surface area contributed by atoms with E-state index in [0.717, 1.165) is 17.4 Å². The molecule has 0 radical (unpaired) electrons. The van der Waals surface area contributed by atoms with Gasteiger partial charge in [0, 0.05) is 10.5 Å². The van der Waals surface area contributed by atoms with Crippen LogP contribution in [0.25, 0.3) is 0 Å². The molecule has 0 aliphatic rings. The molecule has 0 aliphatic carbocycles. The molecule has 0 saturated heterocycles. The van der Waals surface area contributed by atoms with Crippen molar-refractivity contribution in [3.63, 3.8) is 0 Å². The summed E-state index contributed by atoms with van der Waals surface area (Å²) in [6.07, 6.45) is 0. The van der Waals surface area contributed by atoms with Gasteiger partial charge in [-0.1, -0.05) is 38.9 Å². The number of halogens is 3. The van der Waals surface area contributed by atoms with Crippen LogP contribution in [0.5, 0.6) is 10.9 Å². The Morgan fingerprint density at radius 2 is 2.22 bits per heavy atom. The third-order valence-electron chi connectivity index (χ3n) is 1.80. The molecule has 2 rings (SSSR count). The second-order valence-electron chi connectivity index (χ2n) is 3.11. The lowest BCUT2D eigenvalue weighted by Gasteiger charge is -2.01. The van der Waals surface area contributed by atoms with Crippen molar-refractivity contribution < 1.29 is 19.0 Å². The number of aromatic carboxylic acids is 1. The number of benzene rings is 1. The molecule has 2 aromatic rings. The molecule has 1 aromatic heterocycles. The quantitative estimate of drug-likeness (QED) is 0.900. The van der Waals surface area contributed by atoms with Crippen molar-refractivity contribution in [3.8, 4) is 10.9 Å². The van der Waals surface area contributed by atoms with Crippen molar-refractivity contribution in [3.05, 3.63) is 38.5 Å². The van der Waals surface area contributed by atoms with Crippen LogP contribution in [0.2, 0.25) is 5.15 Å². The van der Waals surface area contributed by atoms with Gasteiger partial charge in [-0.15, -0.1) is 0 Å². The number of hydrogen-bond donors (Lipinski definition) is 1. The first kappa shape index (κ1) is 13.3. The first-order valence-electron chi connectivity index (χ1n) is 4.49. The van der Waals surface area contributed by atoms with Crippen molar-refractivity contribution in [1.29, 1.82) is 0 Å². The summed E-state index contributed by atoms with van der Waals surface area (Å²) in [6, 6.07) is 3.95. The Balaban J connectivity index is 2.28. The molecule has 4 nitrogen and oxygen atoms in total. The molecule has 0 amide bonds. The van der Waals surface area contributed by atoms with Crippen LogP contribution in [0.4, 0.5) is 4.39 Å². The van der Waals surface area contributed by atoms with E-state index < -0.39 is 11.8 Å². The lowest BCUT2D eigenvalue weighted by molar-refractivity contribution is 0.0702. The summed E-state index contributed by atoms with van der Waals surface area (Å²) in [7, 11) is 0. The van der Waals surface area contributed by atoms with E-state index in [9.17, 15) is 9.18 Å². The van der Waals surface area contributed by atoms with E-state index in [1.807, 2.05) is 0 Å². The molecule has 1 heterocycles. The zero-order chi connectivity index (χ0) is 13.3. The number of carboxylic acid groups (broad SMARTS) is 1. The largest absolute Gasteiger partial charge is 0.477 e. The van der Waals surface area contributed by atoms with E-state index in [-0.39, 0.29) is 21.0 Å². The second-order valence-corrected chi connectivity index (χ2v) is 5.35. The van der Waals surface area contributed by atoms with Crippen LogP contribution in [-0.4, -0.2) is 16.1 Å². The third kappa shape index (κ3) is 2.98. The predicted octanol–water partition coefficient (Wildman–Crippen LogP) is 4.19. The molecule has 18 heavy (non-hydrogen) atoms. The van der Waals surface area contributed by atoms with Crippen LogP contribution in [-0.2, 0) is 0 Å². The molecule has 0 bridgehead atoms. The fourth-order valence-corrected chi connectivity index (χ4v) is 2.58. The predicted molar refractivity (Wildman–Crippen MR) is 68.3 cm³/mol. The van der Waals surface area contributed by atoms with E-state index in [1.165, 1.54) is 12.1 Å². The highest BCUT2D eigenvalue weighted by atomic mass is 79.9. The molecule has 0 unspecified atom stereocenters. The van der Waals surface area contributed by atoms with E-state index in [0.29, 0.717) is 4.47 Å². The molecule has 94 valence electrons. The van der Waals surface area contributed by atoms with E-state index in [2.05, 4.69) is 20.9 Å². The van der Waals surface area contributed by atoms with Crippen molar-refractivity contribution in [2.24, 2.45) is 0 Å².